The number of anilines is 1. The zero-order valence-corrected chi connectivity index (χ0v) is 13.7. The lowest BCUT2D eigenvalue weighted by Crippen LogP contribution is -2.45. The van der Waals surface area contributed by atoms with Gasteiger partial charge in [0.05, 0.1) is 28.6 Å². The molecule has 1 fully saturated rings. The number of hydrogen-bond acceptors (Lipinski definition) is 6. The van der Waals surface area contributed by atoms with Gasteiger partial charge in [0.25, 0.3) is 5.56 Å². The lowest BCUT2D eigenvalue weighted by atomic mass is 10.1. The molecule has 1 N–H and O–H groups in total. The van der Waals surface area contributed by atoms with Crippen LogP contribution in [0.15, 0.2) is 16.9 Å². The standard InChI is InChI=1S/C15H17ClN4O3/c1-19-5-7-20(8-6-19)15-17-10-4-3-9(16)11(14(22)23-2)12(10)13(21)18-15/h3-4H,5-8H2,1-2H3,(H,17,18,21). The Morgan fingerprint density at radius 2 is 2.00 bits per heavy atom. The summed E-state index contributed by atoms with van der Waals surface area (Å²) in [5.74, 6) is -0.144. The highest BCUT2D eigenvalue weighted by Crippen LogP contribution is 2.24. The average Bonchev–Trinajstić information content (AvgIpc) is 2.55. The van der Waals surface area contributed by atoms with Crippen molar-refractivity contribution in [2.45, 2.75) is 0 Å². The highest BCUT2D eigenvalue weighted by molar-refractivity contribution is 6.35. The van der Waals surface area contributed by atoms with Crippen LogP contribution in [0.3, 0.4) is 0 Å². The highest BCUT2D eigenvalue weighted by Gasteiger charge is 2.21. The number of rotatable bonds is 2. The molecule has 0 aliphatic carbocycles. The van der Waals surface area contributed by atoms with E-state index in [4.69, 9.17) is 16.3 Å². The molecule has 7 nitrogen and oxygen atoms in total. The first-order chi connectivity index (χ1) is 11.0. The molecule has 8 heteroatoms. The Balaban J connectivity index is 2.11. The predicted molar refractivity (Wildman–Crippen MR) is 88.4 cm³/mol. The molecule has 0 radical (unpaired) electrons. The minimum Gasteiger partial charge on any atom is -0.465 e. The molecule has 0 spiro atoms. The number of esters is 1. The maximum atomic E-state index is 12.5. The summed E-state index contributed by atoms with van der Waals surface area (Å²) in [7, 11) is 3.30. The van der Waals surface area contributed by atoms with Crippen molar-refractivity contribution in [1.29, 1.82) is 0 Å². The summed E-state index contributed by atoms with van der Waals surface area (Å²) >= 11 is 6.06. The van der Waals surface area contributed by atoms with Crippen molar-refractivity contribution < 1.29 is 9.53 Å². The molecule has 0 bridgehead atoms. The van der Waals surface area contributed by atoms with Crippen molar-refractivity contribution in [3.05, 3.63) is 33.1 Å². The topological polar surface area (TPSA) is 78.5 Å². The van der Waals surface area contributed by atoms with E-state index in [-0.39, 0.29) is 16.0 Å². The quantitative estimate of drug-likeness (QED) is 0.828. The molecule has 1 aromatic heterocycles. The van der Waals surface area contributed by atoms with Crippen LogP contribution in [0.2, 0.25) is 5.02 Å². The van der Waals surface area contributed by atoms with Crippen LogP contribution in [0.1, 0.15) is 10.4 Å². The molecular formula is C15H17ClN4O3. The summed E-state index contributed by atoms with van der Waals surface area (Å²) < 4.78 is 4.72. The largest absolute Gasteiger partial charge is 0.465 e. The predicted octanol–water partition coefficient (Wildman–Crippen LogP) is 1.11. The number of carbonyl (C=O) groups is 1. The van der Waals surface area contributed by atoms with Crippen molar-refractivity contribution in [3.8, 4) is 0 Å². The Kier molecular flexibility index (Phi) is 4.23. The van der Waals surface area contributed by atoms with E-state index in [1.807, 2.05) is 4.90 Å². The van der Waals surface area contributed by atoms with Gasteiger partial charge in [-0.3, -0.25) is 9.78 Å². The number of hydrogen-bond donors (Lipinski definition) is 1. The maximum Gasteiger partial charge on any atom is 0.340 e. The van der Waals surface area contributed by atoms with E-state index in [0.29, 0.717) is 11.5 Å². The van der Waals surface area contributed by atoms with Gasteiger partial charge in [0, 0.05) is 26.2 Å². The molecule has 2 aromatic rings. The summed E-state index contributed by atoms with van der Waals surface area (Å²) in [4.78, 5) is 35.9. The SMILES string of the molecule is COC(=O)c1c(Cl)ccc2nc(N3CCN(C)CC3)[nH]c(=O)c12. The molecule has 1 aromatic carbocycles. The minimum atomic E-state index is -0.653. The number of H-pyrrole nitrogens is 1. The van der Waals surface area contributed by atoms with Gasteiger partial charge in [0.15, 0.2) is 0 Å². The van der Waals surface area contributed by atoms with Gasteiger partial charge >= 0.3 is 5.97 Å². The molecule has 0 amide bonds. The smallest absolute Gasteiger partial charge is 0.340 e. The number of benzene rings is 1. The maximum absolute atomic E-state index is 12.5. The number of nitrogens with zero attached hydrogens (tertiary/aromatic N) is 3. The molecule has 0 unspecified atom stereocenters. The summed E-state index contributed by atoms with van der Waals surface area (Å²) in [6.07, 6.45) is 0. The third-order valence-corrected chi connectivity index (χ3v) is 4.32. The number of aromatic amines is 1. The highest BCUT2D eigenvalue weighted by atomic mass is 35.5. The van der Waals surface area contributed by atoms with Gasteiger partial charge in [0.1, 0.15) is 0 Å². The van der Waals surface area contributed by atoms with Gasteiger partial charge in [0.2, 0.25) is 5.95 Å². The Bertz CT molecular complexity index is 812. The number of fused-ring (bicyclic) bond motifs is 1. The normalized spacial score (nSPS) is 15.9. The Labute approximate surface area is 137 Å². The minimum absolute atomic E-state index is 0.0466. The van der Waals surface area contributed by atoms with E-state index in [1.165, 1.54) is 7.11 Å². The van der Waals surface area contributed by atoms with E-state index < -0.39 is 11.5 Å². The molecule has 1 saturated heterocycles. The Morgan fingerprint density at radius 3 is 2.65 bits per heavy atom. The summed E-state index contributed by atoms with van der Waals surface area (Å²) in [6, 6.07) is 3.19. The first-order valence-corrected chi connectivity index (χ1v) is 7.63. The van der Waals surface area contributed by atoms with Gasteiger partial charge < -0.3 is 14.5 Å². The van der Waals surface area contributed by atoms with Crippen LogP contribution in [0.25, 0.3) is 10.9 Å². The van der Waals surface area contributed by atoms with E-state index in [0.717, 1.165) is 26.2 Å². The summed E-state index contributed by atoms with van der Waals surface area (Å²) in [5, 5.41) is 0.325. The number of piperazine rings is 1. The van der Waals surface area contributed by atoms with Gasteiger partial charge in [-0.15, -0.1) is 0 Å². The lowest BCUT2D eigenvalue weighted by Gasteiger charge is -2.32. The van der Waals surface area contributed by atoms with Crippen LogP contribution >= 0.6 is 11.6 Å². The van der Waals surface area contributed by atoms with Crippen LogP contribution in [0.5, 0.6) is 0 Å². The van der Waals surface area contributed by atoms with E-state index in [1.54, 1.807) is 12.1 Å². The number of aromatic nitrogens is 2. The van der Waals surface area contributed by atoms with Gasteiger partial charge in [-0.2, -0.15) is 0 Å². The van der Waals surface area contributed by atoms with Crippen molar-refractivity contribution in [3.63, 3.8) is 0 Å². The number of nitrogens with one attached hydrogen (secondary N) is 1. The lowest BCUT2D eigenvalue weighted by molar-refractivity contribution is 0.0603. The second kappa shape index (κ2) is 6.17. The van der Waals surface area contributed by atoms with Gasteiger partial charge in [-0.1, -0.05) is 11.6 Å². The number of carbonyl (C=O) groups excluding carboxylic acids is 1. The molecule has 0 saturated carbocycles. The zero-order chi connectivity index (χ0) is 16.6. The van der Waals surface area contributed by atoms with Crippen LogP contribution in [0, 0.1) is 0 Å². The second-order valence-electron chi connectivity index (χ2n) is 5.49. The third kappa shape index (κ3) is 2.89. The third-order valence-electron chi connectivity index (χ3n) is 4.00. The van der Waals surface area contributed by atoms with Crippen molar-refractivity contribution in [2.75, 3.05) is 45.2 Å². The van der Waals surface area contributed by atoms with Gasteiger partial charge in [-0.05, 0) is 19.2 Å². The van der Waals surface area contributed by atoms with Crippen LogP contribution < -0.4 is 10.5 Å². The molecule has 23 heavy (non-hydrogen) atoms. The van der Waals surface area contributed by atoms with Crippen LogP contribution in [0.4, 0.5) is 5.95 Å². The Hall–Kier alpha value is -2.12. The fraction of sp³-hybridized carbons (Fsp3) is 0.400. The zero-order valence-electron chi connectivity index (χ0n) is 12.9. The van der Waals surface area contributed by atoms with Crippen molar-refractivity contribution in [2.24, 2.45) is 0 Å². The first-order valence-electron chi connectivity index (χ1n) is 7.25. The monoisotopic (exact) mass is 336 g/mol. The summed E-state index contributed by atoms with van der Waals surface area (Å²) in [5.41, 5.74) is 0.0738. The van der Waals surface area contributed by atoms with E-state index >= 15 is 0 Å². The first kappa shape index (κ1) is 15.8. The molecule has 0 atom stereocenters. The number of halogens is 1. The van der Waals surface area contributed by atoms with Gasteiger partial charge in [-0.25, -0.2) is 9.78 Å². The van der Waals surface area contributed by atoms with Crippen molar-refractivity contribution >= 4 is 34.4 Å². The summed E-state index contributed by atoms with van der Waals surface area (Å²) in [6.45, 7) is 3.36. The molecule has 1 aliphatic heterocycles. The molecule has 122 valence electrons. The molecule has 2 heterocycles. The fourth-order valence-corrected chi connectivity index (χ4v) is 2.90. The average molecular weight is 337 g/mol. The number of methoxy groups -OCH3 is 1. The van der Waals surface area contributed by atoms with E-state index in [9.17, 15) is 9.59 Å². The van der Waals surface area contributed by atoms with Crippen LogP contribution in [-0.4, -0.2) is 61.2 Å². The van der Waals surface area contributed by atoms with Crippen molar-refractivity contribution in [1.82, 2.24) is 14.9 Å². The second-order valence-corrected chi connectivity index (χ2v) is 5.90. The fourth-order valence-electron chi connectivity index (χ4n) is 2.67. The Morgan fingerprint density at radius 1 is 1.30 bits per heavy atom. The number of ether oxygens (including phenoxy) is 1. The van der Waals surface area contributed by atoms with Crippen LogP contribution in [-0.2, 0) is 4.74 Å². The van der Waals surface area contributed by atoms with E-state index in [2.05, 4.69) is 21.9 Å². The number of likely N-dealkylation sites (N-methyl/N-ethyl adjacent to an activating group) is 1. The molecule has 1 aliphatic rings. The molecular weight excluding hydrogens is 320 g/mol. The molecule has 3 rings (SSSR count).